The highest BCUT2D eigenvalue weighted by molar-refractivity contribution is 4.92. The molecule has 1 aliphatic rings. The maximum atomic E-state index is 5.68. The Morgan fingerprint density at radius 3 is 2.20 bits per heavy atom. The molecular formula is C13H27NO. The van der Waals surface area contributed by atoms with E-state index in [1.165, 1.54) is 25.9 Å². The second-order valence-corrected chi connectivity index (χ2v) is 5.92. The van der Waals surface area contributed by atoms with Crippen LogP contribution in [0.5, 0.6) is 0 Å². The van der Waals surface area contributed by atoms with Crippen LogP contribution in [0, 0.1) is 17.3 Å². The Labute approximate surface area is 94.8 Å². The van der Waals surface area contributed by atoms with Crippen molar-refractivity contribution in [2.45, 2.75) is 40.5 Å². The van der Waals surface area contributed by atoms with Gasteiger partial charge in [0.05, 0.1) is 0 Å². The predicted octanol–water partition coefficient (Wildman–Crippen LogP) is 2.68. The fourth-order valence-electron chi connectivity index (χ4n) is 2.38. The van der Waals surface area contributed by atoms with Crippen LogP contribution < -0.4 is 5.32 Å². The summed E-state index contributed by atoms with van der Waals surface area (Å²) in [5, 5.41) is 3.40. The fourth-order valence-corrected chi connectivity index (χ4v) is 2.38. The Morgan fingerprint density at radius 1 is 1.13 bits per heavy atom. The lowest BCUT2D eigenvalue weighted by Gasteiger charge is -2.44. The summed E-state index contributed by atoms with van der Waals surface area (Å²) in [5.41, 5.74) is 0.547. The van der Waals surface area contributed by atoms with Gasteiger partial charge in [0.1, 0.15) is 0 Å². The third-order valence-corrected chi connectivity index (χ3v) is 3.07. The average molecular weight is 213 g/mol. The van der Waals surface area contributed by atoms with E-state index in [0.717, 1.165) is 19.1 Å². The molecular weight excluding hydrogens is 186 g/mol. The quantitative estimate of drug-likeness (QED) is 0.657. The Hall–Kier alpha value is -0.0800. The molecule has 0 spiro atoms. The zero-order chi connectivity index (χ0) is 11.3. The summed E-state index contributed by atoms with van der Waals surface area (Å²) in [6.45, 7) is 13.3. The first kappa shape index (κ1) is 13.0. The van der Waals surface area contributed by atoms with Crippen LogP contribution in [0.4, 0.5) is 0 Å². The smallest absolute Gasteiger partial charge is 0.0488 e. The molecule has 15 heavy (non-hydrogen) atoms. The molecule has 90 valence electrons. The Bertz CT molecular complexity index is 173. The first-order valence-electron chi connectivity index (χ1n) is 6.32. The molecule has 0 radical (unpaired) electrons. The van der Waals surface area contributed by atoms with Crippen LogP contribution in [0.15, 0.2) is 0 Å². The van der Waals surface area contributed by atoms with E-state index in [0.29, 0.717) is 11.3 Å². The van der Waals surface area contributed by atoms with Crippen molar-refractivity contribution in [2.75, 3.05) is 26.3 Å². The van der Waals surface area contributed by atoms with E-state index >= 15 is 0 Å². The Kier molecular flexibility index (Phi) is 5.07. The van der Waals surface area contributed by atoms with Crippen molar-refractivity contribution in [1.29, 1.82) is 0 Å². The molecule has 0 aromatic heterocycles. The standard InChI is InChI=1S/C13H27NO/c1-11(2)7-13(9-14-10-13)5-6-15-8-12(3)4/h11-12,14H,5-10H2,1-4H3. The molecule has 0 aliphatic carbocycles. The Balaban J connectivity index is 2.16. The molecule has 1 aliphatic heterocycles. The highest BCUT2D eigenvalue weighted by atomic mass is 16.5. The number of ether oxygens (including phenoxy) is 1. The van der Waals surface area contributed by atoms with Crippen molar-refractivity contribution in [2.24, 2.45) is 17.3 Å². The SMILES string of the molecule is CC(C)COCCC1(CC(C)C)CNC1. The highest BCUT2D eigenvalue weighted by Crippen LogP contribution is 2.34. The van der Waals surface area contributed by atoms with Crippen molar-refractivity contribution in [3.63, 3.8) is 0 Å². The van der Waals surface area contributed by atoms with E-state index in [2.05, 4.69) is 33.0 Å². The lowest BCUT2D eigenvalue weighted by molar-refractivity contribution is 0.0422. The maximum absolute atomic E-state index is 5.68. The van der Waals surface area contributed by atoms with E-state index < -0.39 is 0 Å². The van der Waals surface area contributed by atoms with Gasteiger partial charge in [-0.3, -0.25) is 0 Å². The molecule has 0 amide bonds. The second-order valence-electron chi connectivity index (χ2n) is 5.92. The molecule has 0 bridgehead atoms. The van der Waals surface area contributed by atoms with Crippen molar-refractivity contribution in [1.82, 2.24) is 5.32 Å². The minimum absolute atomic E-state index is 0.547. The van der Waals surface area contributed by atoms with Crippen molar-refractivity contribution in [3.8, 4) is 0 Å². The molecule has 0 unspecified atom stereocenters. The van der Waals surface area contributed by atoms with Gasteiger partial charge in [-0.25, -0.2) is 0 Å². The summed E-state index contributed by atoms with van der Waals surface area (Å²) in [6.07, 6.45) is 2.57. The van der Waals surface area contributed by atoms with Crippen LogP contribution >= 0.6 is 0 Å². The van der Waals surface area contributed by atoms with Gasteiger partial charge in [0.15, 0.2) is 0 Å². The molecule has 0 atom stereocenters. The minimum atomic E-state index is 0.547. The summed E-state index contributed by atoms with van der Waals surface area (Å²) in [4.78, 5) is 0. The zero-order valence-electron chi connectivity index (χ0n) is 10.8. The van der Waals surface area contributed by atoms with Crippen molar-refractivity contribution < 1.29 is 4.74 Å². The van der Waals surface area contributed by atoms with Gasteiger partial charge < -0.3 is 10.1 Å². The van der Waals surface area contributed by atoms with Crippen molar-refractivity contribution in [3.05, 3.63) is 0 Å². The summed E-state index contributed by atoms with van der Waals surface area (Å²) in [6, 6.07) is 0. The molecule has 0 saturated carbocycles. The molecule has 1 fully saturated rings. The van der Waals surface area contributed by atoms with E-state index in [-0.39, 0.29) is 0 Å². The summed E-state index contributed by atoms with van der Waals surface area (Å²) in [5.74, 6) is 1.46. The van der Waals surface area contributed by atoms with E-state index in [4.69, 9.17) is 4.74 Å². The number of nitrogens with one attached hydrogen (secondary N) is 1. The maximum Gasteiger partial charge on any atom is 0.0488 e. The summed E-state index contributed by atoms with van der Waals surface area (Å²) >= 11 is 0. The van der Waals surface area contributed by atoms with Gasteiger partial charge in [-0.2, -0.15) is 0 Å². The van der Waals surface area contributed by atoms with E-state index in [9.17, 15) is 0 Å². The zero-order valence-corrected chi connectivity index (χ0v) is 10.8. The first-order valence-corrected chi connectivity index (χ1v) is 6.32. The second kappa shape index (κ2) is 5.86. The summed E-state index contributed by atoms with van der Waals surface area (Å²) < 4.78 is 5.68. The monoisotopic (exact) mass is 213 g/mol. The lowest BCUT2D eigenvalue weighted by atomic mass is 9.73. The Morgan fingerprint density at radius 2 is 1.80 bits per heavy atom. The van der Waals surface area contributed by atoms with Gasteiger partial charge in [-0.1, -0.05) is 27.7 Å². The topological polar surface area (TPSA) is 21.3 Å². The molecule has 2 heteroatoms. The van der Waals surface area contributed by atoms with Gasteiger partial charge in [-0.15, -0.1) is 0 Å². The molecule has 2 nitrogen and oxygen atoms in total. The first-order chi connectivity index (χ1) is 7.04. The normalized spacial score (nSPS) is 19.6. The molecule has 0 aromatic carbocycles. The van der Waals surface area contributed by atoms with Gasteiger partial charge >= 0.3 is 0 Å². The molecule has 1 heterocycles. The molecule has 1 N–H and O–H groups in total. The lowest BCUT2D eigenvalue weighted by Crippen LogP contribution is -2.54. The number of hydrogen-bond donors (Lipinski definition) is 1. The van der Waals surface area contributed by atoms with Gasteiger partial charge in [0.25, 0.3) is 0 Å². The number of hydrogen-bond acceptors (Lipinski definition) is 2. The molecule has 1 rings (SSSR count). The van der Waals surface area contributed by atoms with Crippen LogP contribution in [0.25, 0.3) is 0 Å². The van der Waals surface area contributed by atoms with Crippen LogP contribution in [0.2, 0.25) is 0 Å². The van der Waals surface area contributed by atoms with Crippen molar-refractivity contribution >= 4 is 0 Å². The van der Waals surface area contributed by atoms with Crippen LogP contribution in [-0.2, 0) is 4.74 Å². The average Bonchev–Trinajstić information content (AvgIpc) is 2.06. The predicted molar refractivity (Wildman–Crippen MR) is 65.0 cm³/mol. The molecule has 1 saturated heterocycles. The number of rotatable bonds is 7. The largest absolute Gasteiger partial charge is 0.381 e. The van der Waals surface area contributed by atoms with E-state index in [1.54, 1.807) is 0 Å². The third-order valence-electron chi connectivity index (χ3n) is 3.07. The van der Waals surface area contributed by atoms with Crippen LogP contribution in [-0.4, -0.2) is 26.3 Å². The van der Waals surface area contributed by atoms with Crippen LogP contribution in [0.3, 0.4) is 0 Å². The third kappa shape index (κ3) is 4.52. The fraction of sp³-hybridized carbons (Fsp3) is 1.00. The highest BCUT2D eigenvalue weighted by Gasteiger charge is 2.36. The van der Waals surface area contributed by atoms with Gasteiger partial charge in [-0.05, 0) is 30.1 Å². The van der Waals surface area contributed by atoms with Crippen LogP contribution in [0.1, 0.15) is 40.5 Å². The van der Waals surface area contributed by atoms with Gasteiger partial charge in [0.2, 0.25) is 0 Å². The van der Waals surface area contributed by atoms with Gasteiger partial charge in [0, 0.05) is 26.3 Å². The summed E-state index contributed by atoms with van der Waals surface area (Å²) in [7, 11) is 0. The van der Waals surface area contributed by atoms with E-state index in [1.807, 2.05) is 0 Å². The molecule has 0 aromatic rings. The minimum Gasteiger partial charge on any atom is -0.381 e.